The summed E-state index contributed by atoms with van der Waals surface area (Å²) in [5, 5.41) is 8.73. The molecule has 0 radical (unpaired) electrons. The molecule has 0 saturated carbocycles. The molecule has 1 N–H and O–H groups in total. The molecule has 4 nitrogen and oxygen atoms in total. The van der Waals surface area contributed by atoms with Crippen molar-refractivity contribution < 1.29 is 19.0 Å². The van der Waals surface area contributed by atoms with Gasteiger partial charge in [-0.3, -0.25) is 4.90 Å². The van der Waals surface area contributed by atoms with Gasteiger partial charge >= 0.3 is 0 Å². The average molecular weight is 293 g/mol. The molecule has 114 valence electrons. The van der Waals surface area contributed by atoms with E-state index in [4.69, 9.17) is 14.6 Å². The second-order valence-corrected chi connectivity index (χ2v) is 4.72. The molecule has 21 heavy (non-hydrogen) atoms. The van der Waals surface area contributed by atoms with Gasteiger partial charge in [0.2, 0.25) is 0 Å². The highest BCUT2D eigenvalue weighted by molar-refractivity contribution is 5.46. The Morgan fingerprint density at radius 1 is 1.33 bits per heavy atom. The molecule has 0 bridgehead atoms. The van der Waals surface area contributed by atoms with Gasteiger partial charge in [-0.05, 0) is 18.2 Å². The third kappa shape index (κ3) is 5.35. The summed E-state index contributed by atoms with van der Waals surface area (Å²) in [6.07, 6.45) is 0.365. The number of halogens is 1. The molecule has 0 aliphatic carbocycles. The Bertz CT molecular complexity index is 504. The van der Waals surface area contributed by atoms with Crippen molar-refractivity contribution in [3.63, 3.8) is 0 Å². The molecule has 1 saturated heterocycles. The number of hydrogen-bond donors (Lipinski definition) is 1. The molecule has 1 aromatic rings. The fraction of sp³-hybridized carbons (Fsp3) is 0.500. The van der Waals surface area contributed by atoms with E-state index in [-0.39, 0.29) is 12.4 Å². The van der Waals surface area contributed by atoms with Gasteiger partial charge in [-0.15, -0.1) is 0 Å². The van der Waals surface area contributed by atoms with Crippen LogP contribution >= 0.6 is 0 Å². The van der Waals surface area contributed by atoms with E-state index in [0.717, 1.165) is 32.8 Å². The van der Waals surface area contributed by atoms with E-state index < -0.39 is 0 Å². The van der Waals surface area contributed by atoms with Crippen LogP contribution < -0.4 is 4.74 Å². The fourth-order valence-corrected chi connectivity index (χ4v) is 2.05. The molecular formula is C16H20FNO3. The monoisotopic (exact) mass is 293 g/mol. The minimum absolute atomic E-state index is 0.00443. The Balaban J connectivity index is 1.90. The number of morpholine rings is 1. The van der Waals surface area contributed by atoms with Crippen LogP contribution in [0.5, 0.6) is 5.75 Å². The number of aliphatic hydroxyl groups is 1. The smallest absolute Gasteiger partial charge is 0.135 e. The minimum atomic E-state index is -0.344. The summed E-state index contributed by atoms with van der Waals surface area (Å²) >= 11 is 0. The van der Waals surface area contributed by atoms with Crippen molar-refractivity contribution in [3.05, 3.63) is 29.6 Å². The van der Waals surface area contributed by atoms with Crippen LogP contribution in [-0.2, 0) is 4.74 Å². The van der Waals surface area contributed by atoms with E-state index in [1.807, 2.05) is 0 Å². The van der Waals surface area contributed by atoms with Gasteiger partial charge < -0.3 is 14.6 Å². The molecule has 0 aromatic heterocycles. The van der Waals surface area contributed by atoms with Gasteiger partial charge in [0, 0.05) is 26.1 Å². The first-order valence-corrected chi connectivity index (χ1v) is 7.12. The Labute approximate surface area is 124 Å². The lowest BCUT2D eigenvalue weighted by Gasteiger charge is -2.26. The maximum atomic E-state index is 13.3. The summed E-state index contributed by atoms with van der Waals surface area (Å²) < 4.78 is 24.3. The number of rotatable bonds is 5. The lowest BCUT2D eigenvalue weighted by Crippen LogP contribution is -2.38. The summed E-state index contributed by atoms with van der Waals surface area (Å²) in [4.78, 5) is 2.27. The predicted molar refractivity (Wildman–Crippen MR) is 77.7 cm³/mol. The maximum absolute atomic E-state index is 13.3. The molecule has 0 atom stereocenters. The molecule has 0 amide bonds. The summed E-state index contributed by atoms with van der Waals surface area (Å²) in [6, 6.07) is 4.31. The molecule has 1 aliphatic heterocycles. The van der Waals surface area contributed by atoms with Crippen molar-refractivity contribution in [1.29, 1.82) is 0 Å². The lowest BCUT2D eigenvalue weighted by atomic mass is 10.2. The summed E-state index contributed by atoms with van der Waals surface area (Å²) in [5.74, 6) is 5.86. The molecule has 0 unspecified atom stereocenters. The Hall–Kier alpha value is -1.61. The van der Waals surface area contributed by atoms with E-state index in [0.29, 0.717) is 24.3 Å². The van der Waals surface area contributed by atoms with Crippen molar-refractivity contribution in [1.82, 2.24) is 4.90 Å². The zero-order valence-electron chi connectivity index (χ0n) is 12.0. The van der Waals surface area contributed by atoms with Crippen LogP contribution in [0.1, 0.15) is 12.0 Å². The first-order valence-electron chi connectivity index (χ1n) is 7.12. The van der Waals surface area contributed by atoms with E-state index in [1.165, 1.54) is 12.1 Å². The summed E-state index contributed by atoms with van der Waals surface area (Å²) in [6.45, 7) is 4.68. The van der Waals surface area contributed by atoms with Crippen molar-refractivity contribution in [3.8, 4) is 17.6 Å². The Kier molecular flexibility index (Phi) is 6.48. The number of benzene rings is 1. The first kappa shape index (κ1) is 15.8. The number of nitrogens with zero attached hydrogens (tertiary/aromatic N) is 1. The standard InChI is InChI=1S/C16H20FNO3/c17-15-4-5-16(14(13-15)3-1-2-9-19)21-12-8-18-6-10-20-11-7-18/h4-5,13,19H,2,6-12H2. The topological polar surface area (TPSA) is 41.9 Å². The van der Waals surface area contributed by atoms with E-state index >= 15 is 0 Å². The van der Waals surface area contributed by atoms with Crippen LogP contribution in [0.25, 0.3) is 0 Å². The van der Waals surface area contributed by atoms with E-state index in [2.05, 4.69) is 16.7 Å². The average Bonchev–Trinajstić information content (AvgIpc) is 2.51. The Morgan fingerprint density at radius 3 is 2.90 bits per heavy atom. The number of ether oxygens (including phenoxy) is 2. The molecule has 1 aromatic carbocycles. The van der Waals surface area contributed by atoms with Gasteiger partial charge in [-0.1, -0.05) is 11.8 Å². The second kappa shape index (κ2) is 8.63. The van der Waals surface area contributed by atoms with Crippen LogP contribution in [0.4, 0.5) is 4.39 Å². The van der Waals surface area contributed by atoms with Gasteiger partial charge in [-0.25, -0.2) is 4.39 Å². The molecule has 5 heteroatoms. The molecule has 2 rings (SSSR count). The third-order valence-electron chi connectivity index (χ3n) is 3.17. The number of hydrogen-bond acceptors (Lipinski definition) is 4. The first-order chi connectivity index (χ1) is 10.3. The highest BCUT2D eigenvalue weighted by atomic mass is 19.1. The molecule has 1 heterocycles. The highest BCUT2D eigenvalue weighted by Gasteiger charge is 2.10. The zero-order chi connectivity index (χ0) is 14.9. The van der Waals surface area contributed by atoms with Crippen molar-refractivity contribution in [2.75, 3.05) is 46.1 Å². The van der Waals surface area contributed by atoms with Gasteiger partial charge in [0.25, 0.3) is 0 Å². The van der Waals surface area contributed by atoms with E-state index in [1.54, 1.807) is 6.07 Å². The van der Waals surface area contributed by atoms with Crippen molar-refractivity contribution in [2.45, 2.75) is 6.42 Å². The second-order valence-electron chi connectivity index (χ2n) is 4.72. The SMILES string of the molecule is OCCC#Cc1cc(F)ccc1OCCN1CCOCC1. The van der Waals surface area contributed by atoms with Crippen LogP contribution in [0.3, 0.4) is 0 Å². The predicted octanol–water partition coefficient (Wildman–Crippen LogP) is 1.27. The zero-order valence-corrected chi connectivity index (χ0v) is 12.0. The minimum Gasteiger partial charge on any atom is -0.491 e. The van der Waals surface area contributed by atoms with Gasteiger partial charge in [-0.2, -0.15) is 0 Å². The largest absolute Gasteiger partial charge is 0.491 e. The van der Waals surface area contributed by atoms with Crippen LogP contribution in [0.15, 0.2) is 18.2 Å². The molecule has 1 fully saturated rings. The van der Waals surface area contributed by atoms with Gasteiger partial charge in [0.15, 0.2) is 0 Å². The maximum Gasteiger partial charge on any atom is 0.135 e. The van der Waals surface area contributed by atoms with Crippen LogP contribution in [0.2, 0.25) is 0 Å². The van der Waals surface area contributed by atoms with Gasteiger partial charge in [0.05, 0.1) is 25.4 Å². The van der Waals surface area contributed by atoms with Crippen molar-refractivity contribution >= 4 is 0 Å². The lowest BCUT2D eigenvalue weighted by molar-refractivity contribution is 0.0322. The van der Waals surface area contributed by atoms with E-state index in [9.17, 15) is 4.39 Å². The quantitative estimate of drug-likeness (QED) is 0.830. The molecule has 0 spiro atoms. The van der Waals surface area contributed by atoms with Crippen LogP contribution in [0, 0.1) is 17.7 Å². The number of aliphatic hydroxyl groups excluding tert-OH is 1. The van der Waals surface area contributed by atoms with Crippen molar-refractivity contribution in [2.24, 2.45) is 0 Å². The fourth-order valence-electron chi connectivity index (χ4n) is 2.05. The molecular weight excluding hydrogens is 273 g/mol. The van der Waals surface area contributed by atoms with Gasteiger partial charge in [0.1, 0.15) is 18.2 Å². The normalized spacial score (nSPS) is 15.3. The highest BCUT2D eigenvalue weighted by Crippen LogP contribution is 2.18. The van der Waals surface area contributed by atoms with Crippen LogP contribution in [-0.4, -0.2) is 56.1 Å². The molecule has 1 aliphatic rings. The Morgan fingerprint density at radius 2 is 2.14 bits per heavy atom. The summed E-state index contributed by atoms with van der Waals surface area (Å²) in [5.41, 5.74) is 0.519. The summed E-state index contributed by atoms with van der Waals surface area (Å²) in [7, 11) is 0. The third-order valence-corrected chi connectivity index (χ3v) is 3.17.